The average Bonchev–Trinajstić information content (AvgIpc) is 2.08. The lowest BCUT2D eigenvalue weighted by molar-refractivity contribution is 0.569. The van der Waals surface area contributed by atoms with E-state index >= 15 is 0 Å². The van der Waals surface area contributed by atoms with Gasteiger partial charge in [-0.15, -0.1) is 0 Å². The van der Waals surface area contributed by atoms with E-state index in [0.29, 0.717) is 9.37 Å². The molecule has 0 aliphatic rings. The van der Waals surface area contributed by atoms with Crippen LogP contribution in [0.15, 0.2) is 21.5 Å². The van der Waals surface area contributed by atoms with Gasteiger partial charge in [-0.1, -0.05) is 0 Å². The lowest BCUT2D eigenvalue weighted by Crippen LogP contribution is -2.30. The Morgan fingerprint density at radius 2 is 1.69 bits per heavy atom. The molecule has 0 saturated heterocycles. The van der Waals surface area contributed by atoms with Gasteiger partial charge in [-0.3, -0.25) is 0 Å². The number of nitrogens with one attached hydrogen (secondary N) is 1. The van der Waals surface area contributed by atoms with Crippen molar-refractivity contribution < 1.29 is 8.42 Å². The second kappa shape index (κ2) is 4.85. The van der Waals surface area contributed by atoms with Crippen LogP contribution in [0.2, 0.25) is 0 Å². The van der Waals surface area contributed by atoms with Gasteiger partial charge in [0.15, 0.2) is 0 Å². The van der Waals surface area contributed by atoms with Crippen molar-refractivity contribution in [3.63, 3.8) is 0 Å². The minimum atomic E-state index is -3.43. The summed E-state index contributed by atoms with van der Waals surface area (Å²) in [6, 6.07) is 3.40. The van der Waals surface area contributed by atoms with E-state index in [9.17, 15) is 8.42 Å². The topological polar surface area (TPSA) is 46.2 Å². The van der Waals surface area contributed by atoms with Crippen molar-refractivity contribution in [3.8, 4) is 0 Å². The monoisotopic (exact) mass is 305 g/mol. The van der Waals surface area contributed by atoms with Gasteiger partial charge < -0.3 is 0 Å². The second-order valence-corrected chi connectivity index (χ2v) is 6.68. The Morgan fingerprint density at radius 3 is 2.19 bits per heavy atom. The number of halogens is 1. The number of rotatable bonds is 3. The molecule has 0 fully saturated rings. The Bertz CT molecular complexity index is 495. The summed E-state index contributed by atoms with van der Waals surface area (Å²) in [6.07, 6.45) is 0. The van der Waals surface area contributed by atoms with Crippen molar-refractivity contribution in [1.82, 2.24) is 4.72 Å². The van der Waals surface area contributed by atoms with Crippen LogP contribution in [-0.4, -0.2) is 14.5 Å². The first-order chi connectivity index (χ1) is 7.24. The molecule has 1 aromatic carbocycles. The Kier molecular flexibility index (Phi) is 4.15. The molecular weight excluding hydrogens is 290 g/mol. The van der Waals surface area contributed by atoms with Gasteiger partial charge in [0.2, 0.25) is 10.0 Å². The lowest BCUT2D eigenvalue weighted by atomic mass is 10.1. The minimum Gasteiger partial charge on any atom is -0.209 e. The minimum absolute atomic E-state index is 0.112. The van der Waals surface area contributed by atoms with Crippen molar-refractivity contribution in [1.29, 1.82) is 0 Å². The largest absolute Gasteiger partial charge is 0.241 e. The molecule has 1 rings (SSSR count). The molecule has 1 aromatic rings. The van der Waals surface area contributed by atoms with Crippen LogP contribution in [0.1, 0.15) is 25.0 Å². The normalized spacial score (nSPS) is 12.1. The molecule has 0 heterocycles. The van der Waals surface area contributed by atoms with E-state index in [1.54, 1.807) is 19.9 Å². The third-order valence-electron chi connectivity index (χ3n) is 2.23. The van der Waals surface area contributed by atoms with Crippen LogP contribution in [0.5, 0.6) is 0 Å². The van der Waals surface area contributed by atoms with Crippen molar-refractivity contribution >= 4 is 26.0 Å². The number of sulfonamides is 1. The summed E-state index contributed by atoms with van der Waals surface area (Å²) >= 11 is 3.29. The van der Waals surface area contributed by atoms with Gasteiger partial charge in [-0.25, -0.2) is 13.1 Å². The highest BCUT2D eigenvalue weighted by atomic mass is 79.9. The lowest BCUT2D eigenvalue weighted by Gasteiger charge is -2.12. The highest BCUT2D eigenvalue weighted by Crippen LogP contribution is 2.25. The van der Waals surface area contributed by atoms with Crippen molar-refractivity contribution in [2.45, 2.75) is 38.6 Å². The fourth-order valence-electron chi connectivity index (χ4n) is 1.33. The zero-order valence-corrected chi connectivity index (χ0v) is 12.2. The van der Waals surface area contributed by atoms with Gasteiger partial charge in [-0.2, -0.15) is 0 Å². The number of aryl methyl sites for hydroxylation is 2. The Labute approximate surface area is 105 Å². The van der Waals surface area contributed by atoms with Crippen molar-refractivity contribution in [3.05, 3.63) is 27.7 Å². The maximum atomic E-state index is 12.0. The Hall–Kier alpha value is -0.390. The van der Waals surface area contributed by atoms with E-state index in [-0.39, 0.29) is 6.04 Å². The molecule has 0 bridgehead atoms. The molecule has 5 heteroatoms. The van der Waals surface area contributed by atoms with E-state index in [1.165, 1.54) is 0 Å². The molecule has 0 aliphatic carbocycles. The standard InChI is InChI=1S/C11H16BrNO2S/c1-7(2)13-16(14,15)11-6-9(4)8(3)5-10(11)12/h5-7,13H,1-4H3. The summed E-state index contributed by atoms with van der Waals surface area (Å²) in [5.74, 6) is 0. The third kappa shape index (κ3) is 3.06. The molecule has 16 heavy (non-hydrogen) atoms. The van der Waals surface area contributed by atoms with E-state index in [4.69, 9.17) is 0 Å². The van der Waals surface area contributed by atoms with Crippen LogP contribution >= 0.6 is 15.9 Å². The van der Waals surface area contributed by atoms with Gasteiger partial charge >= 0.3 is 0 Å². The van der Waals surface area contributed by atoms with E-state index in [0.717, 1.165) is 11.1 Å². The SMILES string of the molecule is Cc1cc(Br)c(S(=O)(=O)NC(C)C)cc1C. The molecule has 0 atom stereocenters. The van der Waals surface area contributed by atoms with Gasteiger partial charge in [0.1, 0.15) is 0 Å². The summed E-state index contributed by atoms with van der Waals surface area (Å²) in [4.78, 5) is 0.296. The molecule has 0 unspecified atom stereocenters. The Morgan fingerprint density at radius 1 is 1.19 bits per heavy atom. The summed E-state index contributed by atoms with van der Waals surface area (Å²) < 4.78 is 27.1. The highest BCUT2D eigenvalue weighted by molar-refractivity contribution is 9.10. The molecule has 0 aliphatic heterocycles. The molecule has 3 nitrogen and oxygen atoms in total. The zero-order chi connectivity index (χ0) is 12.5. The van der Waals surface area contributed by atoms with Crippen LogP contribution in [0.4, 0.5) is 0 Å². The zero-order valence-electron chi connectivity index (χ0n) is 9.83. The fourth-order valence-corrected chi connectivity index (χ4v) is 3.83. The van der Waals surface area contributed by atoms with Gasteiger partial charge in [0.05, 0.1) is 4.90 Å². The molecule has 0 amide bonds. The maximum absolute atomic E-state index is 12.0. The van der Waals surface area contributed by atoms with E-state index in [1.807, 2.05) is 19.9 Å². The van der Waals surface area contributed by atoms with Gasteiger partial charge in [-0.05, 0) is 66.9 Å². The first-order valence-electron chi connectivity index (χ1n) is 5.03. The molecule has 90 valence electrons. The Balaban J connectivity index is 3.29. The third-order valence-corrected chi connectivity index (χ3v) is 4.85. The molecule has 1 N–H and O–H groups in total. The number of hydrogen-bond acceptors (Lipinski definition) is 2. The molecular formula is C11H16BrNO2S. The molecule has 0 spiro atoms. The van der Waals surface area contributed by atoms with Crippen molar-refractivity contribution in [2.24, 2.45) is 0 Å². The van der Waals surface area contributed by atoms with E-state index < -0.39 is 10.0 Å². The maximum Gasteiger partial charge on any atom is 0.241 e. The van der Waals surface area contributed by atoms with E-state index in [2.05, 4.69) is 20.7 Å². The van der Waals surface area contributed by atoms with Crippen LogP contribution < -0.4 is 4.72 Å². The quantitative estimate of drug-likeness (QED) is 0.933. The number of benzene rings is 1. The van der Waals surface area contributed by atoms with Crippen LogP contribution in [-0.2, 0) is 10.0 Å². The van der Waals surface area contributed by atoms with Crippen LogP contribution in [0.25, 0.3) is 0 Å². The predicted octanol–water partition coefficient (Wildman–Crippen LogP) is 2.75. The molecule has 0 saturated carbocycles. The first kappa shape index (κ1) is 13.7. The highest BCUT2D eigenvalue weighted by Gasteiger charge is 2.19. The summed E-state index contributed by atoms with van der Waals surface area (Å²) in [5.41, 5.74) is 2.03. The van der Waals surface area contributed by atoms with Crippen LogP contribution in [0, 0.1) is 13.8 Å². The summed E-state index contributed by atoms with van der Waals surface area (Å²) in [5, 5.41) is 0. The van der Waals surface area contributed by atoms with Gasteiger partial charge in [0.25, 0.3) is 0 Å². The second-order valence-electron chi connectivity index (χ2n) is 4.14. The van der Waals surface area contributed by atoms with Gasteiger partial charge in [0, 0.05) is 10.5 Å². The summed E-state index contributed by atoms with van der Waals surface area (Å²) in [7, 11) is -3.43. The fraction of sp³-hybridized carbons (Fsp3) is 0.455. The summed E-state index contributed by atoms with van der Waals surface area (Å²) in [6.45, 7) is 7.45. The molecule has 0 aromatic heterocycles. The predicted molar refractivity (Wildman–Crippen MR) is 69.1 cm³/mol. The smallest absolute Gasteiger partial charge is 0.209 e. The number of hydrogen-bond donors (Lipinski definition) is 1. The molecule has 0 radical (unpaired) electrons. The van der Waals surface area contributed by atoms with Crippen molar-refractivity contribution in [2.75, 3.05) is 0 Å². The average molecular weight is 306 g/mol. The first-order valence-corrected chi connectivity index (χ1v) is 7.30. The van der Waals surface area contributed by atoms with Crippen LogP contribution in [0.3, 0.4) is 0 Å².